The lowest BCUT2D eigenvalue weighted by molar-refractivity contribution is -0.167. The summed E-state index contributed by atoms with van der Waals surface area (Å²) in [5, 5.41) is 1.33. The fourth-order valence-corrected chi connectivity index (χ4v) is 1.98. The molecular weight excluding hydrogens is 262 g/mol. The molecule has 1 saturated heterocycles. The number of piperidine rings is 1. The number of hydroxylamine groups is 2. The molecule has 0 spiro atoms. The van der Waals surface area contributed by atoms with Crippen LogP contribution in [0.25, 0.3) is 0 Å². The van der Waals surface area contributed by atoms with Crippen LogP contribution in [0.4, 0.5) is 0 Å². The van der Waals surface area contributed by atoms with Crippen molar-refractivity contribution in [1.29, 1.82) is 0 Å². The van der Waals surface area contributed by atoms with Crippen molar-refractivity contribution in [2.24, 2.45) is 5.92 Å². The normalized spacial score (nSPS) is 19.4. The Balaban J connectivity index is 1.98. The average Bonchev–Trinajstić information content (AvgIpc) is 2.49. The summed E-state index contributed by atoms with van der Waals surface area (Å²) in [4.78, 5) is 40.2. The largest absolute Gasteiger partial charge is 0.468 e. The Morgan fingerprint density at radius 3 is 2.60 bits per heavy atom. The molecule has 0 radical (unpaired) electrons. The minimum atomic E-state index is -0.891. The third-order valence-corrected chi connectivity index (χ3v) is 3.09. The second kappa shape index (κ2) is 6.29. The predicted octanol–water partition coefficient (Wildman–Crippen LogP) is 0.822. The van der Waals surface area contributed by atoms with Crippen LogP contribution < -0.4 is 0 Å². The van der Waals surface area contributed by atoms with Gasteiger partial charge in [0.25, 0.3) is 0 Å². The van der Waals surface area contributed by atoms with Crippen LogP contribution >= 0.6 is 0 Å². The van der Waals surface area contributed by atoms with Crippen molar-refractivity contribution in [3.8, 4) is 0 Å². The molecule has 0 bridgehead atoms. The lowest BCUT2D eigenvalue weighted by Crippen LogP contribution is -2.45. The molecule has 1 aliphatic heterocycles. The number of carbonyl (C=O) groups excluding carboxylic acids is 3. The molecule has 0 aliphatic carbocycles. The summed E-state index contributed by atoms with van der Waals surface area (Å²) < 4.78 is 4.57. The molecule has 0 N–H and O–H groups in total. The Hall–Kier alpha value is -2.21. The van der Waals surface area contributed by atoms with Gasteiger partial charge in [-0.05, 0) is 12.1 Å². The zero-order valence-corrected chi connectivity index (χ0v) is 11.1. The molecule has 0 amide bonds. The number of methoxy groups -OCH3 is 1. The molecule has 20 heavy (non-hydrogen) atoms. The Kier molecular flexibility index (Phi) is 4.47. The van der Waals surface area contributed by atoms with Crippen molar-refractivity contribution in [3.05, 3.63) is 35.9 Å². The summed E-state index contributed by atoms with van der Waals surface area (Å²) in [6.07, 6.45) is 0.155. The van der Waals surface area contributed by atoms with Gasteiger partial charge in [0, 0.05) is 13.0 Å². The maximum Gasteiger partial charge on any atom is 0.357 e. The van der Waals surface area contributed by atoms with E-state index >= 15 is 0 Å². The smallest absolute Gasteiger partial charge is 0.357 e. The van der Waals surface area contributed by atoms with Crippen LogP contribution in [0.1, 0.15) is 16.8 Å². The van der Waals surface area contributed by atoms with Crippen LogP contribution in [0.2, 0.25) is 0 Å². The van der Waals surface area contributed by atoms with Crippen LogP contribution in [0, 0.1) is 5.92 Å². The number of ether oxygens (including phenoxy) is 1. The molecule has 1 unspecified atom stereocenters. The summed E-state index contributed by atoms with van der Waals surface area (Å²) >= 11 is 0. The van der Waals surface area contributed by atoms with Gasteiger partial charge in [-0.3, -0.25) is 9.59 Å². The summed E-state index contributed by atoms with van der Waals surface area (Å²) in [5.74, 6) is -2.19. The van der Waals surface area contributed by atoms with Gasteiger partial charge in [-0.15, -0.1) is 5.06 Å². The first-order chi connectivity index (χ1) is 9.61. The molecule has 6 heteroatoms. The maximum atomic E-state index is 11.9. The summed E-state index contributed by atoms with van der Waals surface area (Å²) in [6, 6.07) is 8.52. The van der Waals surface area contributed by atoms with Gasteiger partial charge in [0.1, 0.15) is 11.7 Å². The van der Waals surface area contributed by atoms with E-state index in [2.05, 4.69) is 4.74 Å². The van der Waals surface area contributed by atoms with Crippen LogP contribution in [0.3, 0.4) is 0 Å². The highest BCUT2D eigenvalue weighted by Crippen LogP contribution is 2.16. The molecular formula is C14H15NO5. The van der Waals surface area contributed by atoms with Crippen LogP contribution in [-0.2, 0) is 19.2 Å². The van der Waals surface area contributed by atoms with Crippen molar-refractivity contribution >= 4 is 17.7 Å². The number of hydrogen-bond acceptors (Lipinski definition) is 6. The fraction of sp³-hybridized carbons (Fsp3) is 0.357. The van der Waals surface area contributed by atoms with Gasteiger partial charge in [-0.1, -0.05) is 18.2 Å². The van der Waals surface area contributed by atoms with Gasteiger partial charge < -0.3 is 9.57 Å². The third kappa shape index (κ3) is 3.21. The van der Waals surface area contributed by atoms with Gasteiger partial charge in [0.2, 0.25) is 0 Å². The first-order valence-electron chi connectivity index (χ1n) is 6.24. The zero-order valence-electron chi connectivity index (χ0n) is 11.1. The van der Waals surface area contributed by atoms with E-state index in [1.54, 1.807) is 30.3 Å². The van der Waals surface area contributed by atoms with Gasteiger partial charge in [0.05, 0.1) is 19.2 Å². The number of carbonyl (C=O) groups is 3. The predicted molar refractivity (Wildman–Crippen MR) is 68.6 cm³/mol. The topological polar surface area (TPSA) is 72.9 Å². The van der Waals surface area contributed by atoms with Crippen molar-refractivity contribution in [2.45, 2.75) is 6.42 Å². The Bertz CT molecular complexity index is 506. The van der Waals surface area contributed by atoms with Gasteiger partial charge in [-0.25, -0.2) is 4.79 Å². The molecule has 0 saturated carbocycles. The molecule has 1 aliphatic rings. The molecule has 1 atom stereocenters. The summed E-state index contributed by atoms with van der Waals surface area (Å²) in [6.45, 7) is 0.314. The Morgan fingerprint density at radius 1 is 1.25 bits per heavy atom. The number of nitrogens with zero attached hydrogens (tertiary/aromatic N) is 1. The van der Waals surface area contributed by atoms with E-state index < -0.39 is 17.9 Å². The number of Topliss-reactive ketones (excluding diaryl/α,β-unsaturated/α-hetero) is 1. The highest BCUT2D eigenvalue weighted by atomic mass is 16.7. The number of ketones is 1. The van der Waals surface area contributed by atoms with Gasteiger partial charge in [-0.2, -0.15) is 0 Å². The Morgan fingerprint density at radius 2 is 1.95 bits per heavy atom. The summed E-state index contributed by atoms with van der Waals surface area (Å²) in [7, 11) is 1.23. The van der Waals surface area contributed by atoms with E-state index in [-0.39, 0.29) is 25.3 Å². The number of esters is 1. The van der Waals surface area contributed by atoms with E-state index in [1.165, 1.54) is 12.2 Å². The van der Waals surface area contributed by atoms with Crippen molar-refractivity contribution in [2.75, 3.05) is 20.2 Å². The Labute approximate surface area is 116 Å². The molecule has 106 valence electrons. The SMILES string of the molecule is COC(=O)C1CN(OC(=O)c2ccccc2)CCC1=O. The lowest BCUT2D eigenvalue weighted by atomic mass is 9.98. The molecule has 1 aromatic carbocycles. The average molecular weight is 277 g/mol. The van der Waals surface area contributed by atoms with E-state index in [1.807, 2.05) is 0 Å². The monoisotopic (exact) mass is 277 g/mol. The van der Waals surface area contributed by atoms with Gasteiger partial charge in [0.15, 0.2) is 0 Å². The van der Waals surface area contributed by atoms with E-state index in [0.29, 0.717) is 5.56 Å². The molecule has 0 aromatic heterocycles. The van der Waals surface area contributed by atoms with E-state index in [4.69, 9.17) is 4.84 Å². The molecule has 1 heterocycles. The minimum absolute atomic E-state index is 0.0318. The van der Waals surface area contributed by atoms with Crippen molar-refractivity contribution < 1.29 is 24.0 Å². The molecule has 1 aromatic rings. The molecule has 6 nitrogen and oxygen atoms in total. The van der Waals surface area contributed by atoms with Gasteiger partial charge >= 0.3 is 11.9 Å². The third-order valence-electron chi connectivity index (χ3n) is 3.09. The quantitative estimate of drug-likeness (QED) is 0.601. The van der Waals surface area contributed by atoms with Crippen LogP contribution in [0.15, 0.2) is 30.3 Å². The lowest BCUT2D eigenvalue weighted by Gasteiger charge is -2.28. The molecule has 1 fully saturated rings. The van der Waals surface area contributed by atoms with E-state index in [9.17, 15) is 14.4 Å². The van der Waals surface area contributed by atoms with E-state index in [0.717, 1.165) is 0 Å². The number of hydrogen-bond donors (Lipinski definition) is 0. The standard InChI is InChI=1S/C14H15NO5/c1-19-14(18)11-9-15(8-7-12(11)16)20-13(17)10-5-3-2-4-6-10/h2-6,11H,7-9H2,1H3. The fourth-order valence-electron chi connectivity index (χ4n) is 1.98. The minimum Gasteiger partial charge on any atom is -0.468 e. The second-order valence-electron chi connectivity index (χ2n) is 4.42. The van der Waals surface area contributed by atoms with Crippen molar-refractivity contribution in [1.82, 2.24) is 5.06 Å². The zero-order chi connectivity index (χ0) is 14.5. The molecule has 2 rings (SSSR count). The van der Waals surface area contributed by atoms with Crippen LogP contribution in [-0.4, -0.2) is 43.0 Å². The number of rotatable bonds is 3. The first kappa shape index (κ1) is 14.2. The van der Waals surface area contributed by atoms with Crippen molar-refractivity contribution in [3.63, 3.8) is 0 Å². The second-order valence-corrected chi connectivity index (χ2v) is 4.42. The number of benzene rings is 1. The highest BCUT2D eigenvalue weighted by molar-refractivity contribution is 5.99. The first-order valence-corrected chi connectivity index (χ1v) is 6.24. The summed E-state index contributed by atoms with van der Waals surface area (Å²) in [5.41, 5.74) is 0.416. The highest BCUT2D eigenvalue weighted by Gasteiger charge is 2.35. The van der Waals surface area contributed by atoms with Crippen LogP contribution in [0.5, 0.6) is 0 Å². The maximum absolute atomic E-state index is 11.9.